The second-order valence-electron chi connectivity index (χ2n) is 10.5. The number of aromatic nitrogens is 2. The number of hydrogen-bond acceptors (Lipinski definition) is 3. The monoisotopic (exact) mass is 489 g/mol. The van der Waals surface area contributed by atoms with E-state index in [1.54, 1.807) is 0 Å². The normalized spacial score (nSPS) is 14.3. The number of ether oxygens (including phenoxy) is 1. The molecule has 194 valence electrons. The fourth-order valence-corrected chi connectivity index (χ4v) is 5.45. The molecule has 5 nitrogen and oxygen atoms in total. The van der Waals surface area contributed by atoms with Crippen LogP contribution in [0.4, 0.5) is 0 Å². The number of para-hydroxylation sites is 2. The highest BCUT2D eigenvalue weighted by atomic mass is 16.5. The summed E-state index contributed by atoms with van der Waals surface area (Å²) < 4.78 is 8.41. The average molecular weight is 490 g/mol. The summed E-state index contributed by atoms with van der Waals surface area (Å²) in [5.74, 6) is 2.68. The third-order valence-corrected chi connectivity index (χ3v) is 7.33. The van der Waals surface area contributed by atoms with E-state index in [1.807, 2.05) is 0 Å². The van der Waals surface area contributed by atoms with Gasteiger partial charge in [-0.05, 0) is 87.8 Å². The number of fused-ring (bicyclic) bond motifs is 1. The number of carbonyl (C=O) groups is 1. The Morgan fingerprint density at radius 2 is 1.75 bits per heavy atom. The highest BCUT2D eigenvalue weighted by Crippen LogP contribution is 2.24. The molecule has 36 heavy (non-hydrogen) atoms. The lowest BCUT2D eigenvalue weighted by atomic mass is 9.89. The lowest BCUT2D eigenvalue weighted by Crippen LogP contribution is -2.32. The molecule has 1 aromatic heterocycles. The first-order chi connectivity index (χ1) is 17.6. The van der Waals surface area contributed by atoms with Gasteiger partial charge < -0.3 is 14.6 Å². The van der Waals surface area contributed by atoms with Gasteiger partial charge in [0, 0.05) is 25.4 Å². The van der Waals surface area contributed by atoms with Gasteiger partial charge in [-0.25, -0.2) is 4.98 Å². The highest BCUT2D eigenvalue weighted by molar-refractivity contribution is 5.78. The van der Waals surface area contributed by atoms with Crippen molar-refractivity contribution in [2.75, 3.05) is 13.2 Å². The standard InChI is InChI=1S/C31H43N3O2/c1-24-21-25(2)23-27(22-24)36-20-12-11-19-34-29-16-9-8-15-28(29)33-30(34)17-7-4-10-18-32-31(35)26-13-5-3-6-14-26/h8-9,15-16,21-23,26H,3-7,10-14,17-20H2,1-2H3,(H,32,35). The number of unbranched alkanes of at least 4 members (excludes halogenated alkanes) is 3. The smallest absolute Gasteiger partial charge is 0.223 e. The topological polar surface area (TPSA) is 56.1 Å². The number of imidazole rings is 1. The number of nitrogens with one attached hydrogen (secondary N) is 1. The molecule has 1 aliphatic rings. The van der Waals surface area contributed by atoms with Crippen LogP contribution in [-0.4, -0.2) is 28.6 Å². The molecule has 5 heteroatoms. The van der Waals surface area contributed by atoms with E-state index in [2.05, 4.69) is 66.2 Å². The summed E-state index contributed by atoms with van der Waals surface area (Å²) in [6.07, 6.45) is 12.1. The molecule has 0 atom stereocenters. The van der Waals surface area contributed by atoms with Gasteiger partial charge in [0.2, 0.25) is 5.91 Å². The van der Waals surface area contributed by atoms with Gasteiger partial charge in [-0.3, -0.25) is 4.79 Å². The number of carbonyl (C=O) groups excluding carboxylic acids is 1. The van der Waals surface area contributed by atoms with Gasteiger partial charge in [0.1, 0.15) is 11.6 Å². The minimum absolute atomic E-state index is 0.255. The van der Waals surface area contributed by atoms with Gasteiger partial charge in [-0.15, -0.1) is 0 Å². The van der Waals surface area contributed by atoms with Crippen LogP contribution >= 0.6 is 0 Å². The number of amides is 1. The highest BCUT2D eigenvalue weighted by Gasteiger charge is 2.20. The van der Waals surface area contributed by atoms with Gasteiger partial charge in [0.25, 0.3) is 0 Å². The van der Waals surface area contributed by atoms with Crippen LogP contribution in [0.1, 0.15) is 81.2 Å². The van der Waals surface area contributed by atoms with Crippen LogP contribution in [0.3, 0.4) is 0 Å². The second kappa shape index (κ2) is 13.5. The van der Waals surface area contributed by atoms with E-state index in [9.17, 15) is 4.79 Å². The Morgan fingerprint density at radius 1 is 0.972 bits per heavy atom. The van der Waals surface area contributed by atoms with Crippen LogP contribution in [0.25, 0.3) is 11.0 Å². The Labute approximate surface area is 216 Å². The largest absolute Gasteiger partial charge is 0.494 e. The van der Waals surface area contributed by atoms with Crippen LogP contribution in [0.2, 0.25) is 0 Å². The van der Waals surface area contributed by atoms with E-state index in [-0.39, 0.29) is 11.8 Å². The molecule has 4 rings (SSSR count). The molecule has 0 unspecified atom stereocenters. The minimum atomic E-state index is 0.255. The molecule has 0 aliphatic heterocycles. The van der Waals surface area contributed by atoms with E-state index in [0.717, 1.165) is 82.3 Å². The average Bonchev–Trinajstić information content (AvgIpc) is 3.23. The lowest BCUT2D eigenvalue weighted by Gasteiger charge is -2.20. The van der Waals surface area contributed by atoms with Crippen LogP contribution < -0.4 is 10.1 Å². The summed E-state index contributed by atoms with van der Waals surface area (Å²) in [5.41, 5.74) is 4.79. The quantitative estimate of drug-likeness (QED) is 0.265. The van der Waals surface area contributed by atoms with Crippen molar-refractivity contribution in [1.29, 1.82) is 0 Å². The molecule has 1 N–H and O–H groups in total. The third kappa shape index (κ3) is 7.59. The molecule has 0 radical (unpaired) electrons. The number of rotatable bonds is 13. The Morgan fingerprint density at radius 3 is 2.56 bits per heavy atom. The molecular formula is C31H43N3O2. The fraction of sp³-hybridized carbons (Fsp3) is 0.548. The van der Waals surface area contributed by atoms with Gasteiger partial charge in [-0.1, -0.05) is 43.9 Å². The fourth-order valence-electron chi connectivity index (χ4n) is 5.45. The van der Waals surface area contributed by atoms with Crippen LogP contribution in [-0.2, 0) is 17.8 Å². The van der Waals surface area contributed by atoms with E-state index in [4.69, 9.17) is 9.72 Å². The van der Waals surface area contributed by atoms with Crippen LogP contribution in [0.5, 0.6) is 5.75 Å². The SMILES string of the molecule is Cc1cc(C)cc(OCCCCn2c(CCCCCNC(=O)C3CCCCC3)nc3ccccc32)c1. The van der Waals surface area contributed by atoms with Crippen molar-refractivity contribution >= 4 is 16.9 Å². The first-order valence-corrected chi connectivity index (χ1v) is 14.0. The maximum Gasteiger partial charge on any atom is 0.223 e. The number of hydrogen-bond donors (Lipinski definition) is 1. The summed E-state index contributed by atoms with van der Waals surface area (Å²) >= 11 is 0. The third-order valence-electron chi connectivity index (χ3n) is 7.33. The maximum atomic E-state index is 12.3. The summed E-state index contributed by atoms with van der Waals surface area (Å²) in [5, 5.41) is 3.17. The molecule has 0 bridgehead atoms. The summed E-state index contributed by atoms with van der Waals surface area (Å²) in [7, 11) is 0. The molecule has 2 aromatic carbocycles. The van der Waals surface area contributed by atoms with Gasteiger partial charge >= 0.3 is 0 Å². The zero-order valence-corrected chi connectivity index (χ0v) is 22.2. The van der Waals surface area contributed by atoms with Crippen molar-refractivity contribution in [3.63, 3.8) is 0 Å². The summed E-state index contributed by atoms with van der Waals surface area (Å²) in [6, 6.07) is 14.8. The number of nitrogens with zero attached hydrogens (tertiary/aromatic N) is 2. The van der Waals surface area contributed by atoms with Gasteiger partial charge in [0.05, 0.1) is 17.6 Å². The van der Waals surface area contributed by atoms with Crippen molar-refractivity contribution in [1.82, 2.24) is 14.9 Å². The second-order valence-corrected chi connectivity index (χ2v) is 10.5. The Balaban J connectivity index is 1.20. The number of aryl methyl sites for hydroxylation is 4. The van der Waals surface area contributed by atoms with Crippen LogP contribution in [0, 0.1) is 19.8 Å². The maximum absolute atomic E-state index is 12.3. The first kappa shape index (κ1) is 26.2. The molecule has 1 heterocycles. The Hall–Kier alpha value is -2.82. The molecule has 1 aliphatic carbocycles. The lowest BCUT2D eigenvalue weighted by molar-refractivity contribution is -0.125. The molecule has 1 fully saturated rings. The molecular weight excluding hydrogens is 446 g/mol. The molecule has 1 amide bonds. The predicted molar refractivity (Wildman–Crippen MR) is 148 cm³/mol. The van der Waals surface area contributed by atoms with E-state index in [0.29, 0.717) is 0 Å². The Kier molecular flexibility index (Phi) is 9.83. The summed E-state index contributed by atoms with van der Waals surface area (Å²) in [4.78, 5) is 17.3. The van der Waals surface area contributed by atoms with Gasteiger partial charge in [-0.2, -0.15) is 0 Å². The summed E-state index contributed by atoms with van der Waals surface area (Å²) in [6.45, 7) is 6.71. The van der Waals surface area contributed by atoms with Crippen molar-refractivity contribution in [2.45, 2.75) is 91.0 Å². The molecule has 0 spiro atoms. The molecule has 3 aromatic rings. The zero-order chi connectivity index (χ0) is 25.2. The minimum Gasteiger partial charge on any atom is -0.494 e. The van der Waals surface area contributed by atoms with Crippen molar-refractivity contribution in [3.8, 4) is 5.75 Å². The van der Waals surface area contributed by atoms with Crippen molar-refractivity contribution in [3.05, 3.63) is 59.4 Å². The van der Waals surface area contributed by atoms with Crippen molar-refractivity contribution < 1.29 is 9.53 Å². The van der Waals surface area contributed by atoms with E-state index >= 15 is 0 Å². The van der Waals surface area contributed by atoms with E-state index < -0.39 is 0 Å². The van der Waals surface area contributed by atoms with Crippen LogP contribution in [0.15, 0.2) is 42.5 Å². The number of benzene rings is 2. The van der Waals surface area contributed by atoms with E-state index in [1.165, 1.54) is 41.7 Å². The molecule has 0 saturated heterocycles. The molecule has 1 saturated carbocycles. The van der Waals surface area contributed by atoms with Gasteiger partial charge in [0.15, 0.2) is 0 Å². The zero-order valence-electron chi connectivity index (χ0n) is 22.2. The van der Waals surface area contributed by atoms with Crippen molar-refractivity contribution in [2.24, 2.45) is 5.92 Å². The predicted octanol–water partition coefficient (Wildman–Crippen LogP) is 6.92. The Bertz CT molecular complexity index is 1090. The first-order valence-electron chi connectivity index (χ1n) is 14.0.